The fraction of sp³-hybridized carbons (Fsp3) is 0.652. The van der Waals surface area contributed by atoms with Gasteiger partial charge < -0.3 is 4.74 Å². The van der Waals surface area contributed by atoms with E-state index in [4.69, 9.17) is 4.74 Å². The minimum atomic E-state index is -0.564. The lowest BCUT2D eigenvalue weighted by molar-refractivity contribution is -0.129. The molecule has 1 aliphatic carbocycles. The van der Waals surface area contributed by atoms with Crippen molar-refractivity contribution in [3.05, 3.63) is 34.4 Å². The van der Waals surface area contributed by atoms with Crippen molar-refractivity contribution in [2.45, 2.75) is 78.1 Å². The van der Waals surface area contributed by atoms with E-state index in [9.17, 15) is 9.59 Å². The fourth-order valence-corrected chi connectivity index (χ4v) is 4.45. The summed E-state index contributed by atoms with van der Waals surface area (Å²) in [6.45, 7) is 6.90. The highest BCUT2D eigenvalue weighted by atomic mass is 16.5. The zero-order chi connectivity index (χ0) is 19.1. The van der Waals surface area contributed by atoms with Crippen molar-refractivity contribution in [1.29, 1.82) is 0 Å². The monoisotopic (exact) mass is 358 g/mol. The number of hydrogen-bond donors (Lipinski definition) is 0. The van der Waals surface area contributed by atoms with Crippen LogP contribution in [0, 0.1) is 26.7 Å². The summed E-state index contributed by atoms with van der Waals surface area (Å²) in [5.74, 6) is 0.265. The van der Waals surface area contributed by atoms with Gasteiger partial charge in [-0.2, -0.15) is 0 Å². The lowest BCUT2D eigenvalue weighted by atomic mass is 9.81. The zero-order valence-corrected chi connectivity index (χ0v) is 16.9. The molecule has 2 unspecified atom stereocenters. The number of carbonyl (C=O) groups excluding carboxylic acids is 2. The molecule has 0 amide bonds. The molecule has 0 heterocycles. The molecule has 3 nitrogen and oxygen atoms in total. The zero-order valence-electron chi connectivity index (χ0n) is 16.9. The van der Waals surface area contributed by atoms with Crippen molar-refractivity contribution < 1.29 is 14.3 Å². The average Bonchev–Trinajstić information content (AvgIpc) is 2.60. The molecular formula is C23H34O3. The van der Waals surface area contributed by atoms with E-state index in [1.54, 1.807) is 7.11 Å². The molecule has 0 bridgehead atoms. The van der Waals surface area contributed by atoms with Gasteiger partial charge in [0.1, 0.15) is 17.5 Å². The predicted molar refractivity (Wildman–Crippen MR) is 106 cm³/mol. The molecule has 0 aliphatic heterocycles. The van der Waals surface area contributed by atoms with Crippen LogP contribution in [-0.4, -0.2) is 25.3 Å². The van der Waals surface area contributed by atoms with Gasteiger partial charge >= 0.3 is 0 Å². The number of hydrogen-bond acceptors (Lipinski definition) is 3. The molecule has 2 rings (SSSR count). The van der Waals surface area contributed by atoms with E-state index < -0.39 is 5.92 Å². The molecule has 0 radical (unpaired) electrons. The van der Waals surface area contributed by atoms with Gasteiger partial charge in [0, 0.05) is 26.6 Å². The van der Waals surface area contributed by atoms with Crippen LogP contribution in [0.3, 0.4) is 0 Å². The van der Waals surface area contributed by atoms with Crippen LogP contribution in [0.25, 0.3) is 0 Å². The summed E-state index contributed by atoms with van der Waals surface area (Å²) in [5.41, 5.74) is 4.28. The minimum Gasteiger partial charge on any atom is -0.385 e. The van der Waals surface area contributed by atoms with Gasteiger partial charge in [-0.1, -0.05) is 30.5 Å². The number of carbonyl (C=O) groups is 2. The molecule has 1 fully saturated rings. The lowest BCUT2D eigenvalue weighted by Crippen LogP contribution is -2.24. The number of ether oxygens (including phenoxy) is 1. The van der Waals surface area contributed by atoms with E-state index in [0.717, 1.165) is 61.8 Å². The maximum Gasteiger partial charge on any atom is 0.147 e. The second-order valence-corrected chi connectivity index (χ2v) is 7.96. The van der Waals surface area contributed by atoms with Gasteiger partial charge in [0.15, 0.2) is 0 Å². The molecular weight excluding hydrogens is 324 g/mol. The maximum atomic E-state index is 13.0. The van der Waals surface area contributed by atoms with Crippen LogP contribution in [0.15, 0.2) is 12.1 Å². The number of Topliss-reactive ketones (excluding diaryl/α,β-unsaturated/α-hetero) is 2. The van der Waals surface area contributed by atoms with E-state index in [1.807, 2.05) is 13.8 Å². The third kappa shape index (κ3) is 5.51. The Morgan fingerprint density at radius 3 is 2.12 bits per heavy atom. The molecule has 0 saturated heterocycles. The number of aryl methyl sites for hydroxylation is 3. The predicted octanol–water partition coefficient (Wildman–Crippen LogP) is 5.23. The van der Waals surface area contributed by atoms with E-state index in [2.05, 4.69) is 19.1 Å². The Labute approximate surface area is 158 Å². The van der Waals surface area contributed by atoms with Crippen LogP contribution in [0.5, 0.6) is 0 Å². The summed E-state index contributed by atoms with van der Waals surface area (Å²) < 4.78 is 5.23. The Balaban J connectivity index is 2.22. The van der Waals surface area contributed by atoms with Crippen LogP contribution in [0.1, 0.15) is 79.5 Å². The smallest absolute Gasteiger partial charge is 0.147 e. The lowest BCUT2D eigenvalue weighted by Gasteiger charge is -2.20. The van der Waals surface area contributed by atoms with Gasteiger partial charge in [0.25, 0.3) is 0 Å². The Bertz CT molecular complexity index is 609. The SMILES string of the molecule is COCCC1CCCCC(=O)C(c2c(C)cc(C)cc2C)C(=O)CCC1. The van der Waals surface area contributed by atoms with Gasteiger partial charge in [-0.15, -0.1) is 0 Å². The first-order chi connectivity index (χ1) is 12.4. The molecule has 0 aromatic heterocycles. The summed E-state index contributed by atoms with van der Waals surface area (Å²) >= 11 is 0. The molecule has 144 valence electrons. The van der Waals surface area contributed by atoms with Crippen LogP contribution >= 0.6 is 0 Å². The Morgan fingerprint density at radius 1 is 0.923 bits per heavy atom. The third-order valence-electron chi connectivity index (χ3n) is 5.72. The molecule has 3 heteroatoms. The second kappa shape index (κ2) is 10.0. The van der Waals surface area contributed by atoms with Crippen molar-refractivity contribution in [3.8, 4) is 0 Å². The minimum absolute atomic E-state index is 0.109. The molecule has 0 N–H and O–H groups in total. The summed E-state index contributed by atoms with van der Waals surface area (Å²) in [4.78, 5) is 26.0. The summed E-state index contributed by atoms with van der Waals surface area (Å²) in [6.07, 6.45) is 7.09. The molecule has 1 aliphatic rings. The summed E-state index contributed by atoms with van der Waals surface area (Å²) in [5, 5.41) is 0. The first-order valence-corrected chi connectivity index (χ1v) is 10.1. The molecule has 1 aromatic carbocycles. The number of ketones is 2. The topological polar surface area (TPSA) is 43.4 Å². The first-order valence-electron chi connectivity index (χ1n) is 10.1. The van der Waals surface area contributed by atoms with Gasteiger partial charge in [0.05, 0.1) is 0 Å². The normalized spacial score (nSPS) is 22.9. The number of benzene rings is 1. The van der Waals surface area contributed by atoms with E-state index >= 15 is 0 Å². The highest BCUT2D eigenvalue weighted by Crippen LogP contribution is 2.31. The van der Waals surface area contributed by atoms with E-state index in [-0.39, 0.29) is 11.6 Å². The van der Waals surface area contributed by atoms with E-state index in [1.165, 1.54) is 5.56 Å². The standard InChI is InChI=1S/C23H34O3/c1-16-14-17(2)22(18(3)15-16)23-20(24)10-6-5-8-19(12-13-26-4)9-7-11-21(23)25/h14-15,19,23H,5-13H2,1-4H3. The van der Waals surface area contributed by atoms with Gasteiger partial charge in [-0.3, -0.25) is 9.59 Å². The van der Waals surface area contributed by atoms with Crippen molar-refractivity contribution in [2.75, 3.05) is 13.7 Å². The van der Waals surface area contributed by atoms with E-state index in [0.29, 0.717) is 18.8 Å². The number of methoxy groups -OCH3 is 1. The van der Waals surface area contributed by atoms with Crippen LogP contribution in [0.4, 0.5) is 0 Å². The quantitative estimate of drug-likeness (QED) is 0.692. The van der Waals surface area contributed by atoms with Crippen LogP contribution < -0.4 is 0 Å². The van der Waals surface area contributed by atoms with Gasteiger partial charge in [-0.25, -0.2) is 0 Å². The molecule has 2 atom stereocenters. The molecule has 26 heavy (non-hydrogen) atoms. The summed E-state index contributed by atoms with van der Waals surface area (Å²) in [6, 6.07) is 4.18. The largest absolute Gasteiger partial charge is 0.385 e. The Kier molecular flexibility index (Phi) is 8.02. The fourth-order valence-electron chi connectivity index (χ4n) is 4.45. The number of rotatable bonds is 4. The molecule has 1 saturated carbocycles. The third-order valence-corrected chi connectivity index (χ3v) is 5.72. The van der Waals surface area contributed by atoms with Gasteiger partial charge in [-0.05, 0) is 69.1 Å². The van der Waals surface area contributed by atoms with Crippen molar-refractivity contribution >= 4 is 11.6 Å². The van der Waals surface area contributed by atoms with Crippen molar-refractivity contribution in [3.63, 3.8) is 0 Å². The average molecular weight is 359 g/mol. The molecule has 1 aromatic rings. The maximum absolute atomic E-state index is 13.0. The first kappa shape index (κ1) is 20.8. The Hall–Kier alpha value is -1.48. The highest BCUT2D eigenvalue weighted by molar-refractivity contribution is 6.08. The highest BCUT2D eigenvalue weighted by Gasteiger charge is 2.30. The van der Waals surface area contributed by atoms with Crippen molar-refractivity contribution in [2.24, 2.45) is 5.92 Å². The van der Waals surface area contributed by atoms with Crippen LogP contribution in [-0.2, 0) is 14.3 Å². The Morgan fingerprint density at radius 2 is 1.50 bits per heavy atom. The summed E-state index contributed by atoms with van der Waals surface area (Å²) in [7, 11) is 1.74. The van der Waals surface area contributed by atoms with Crippen LogP contribution in [0.2, 0.25) is 0 Å². The van der Waals surface area contributed by atoms with Crippen molar-refractivity contribution in [1.82, 2.24) is 0 Å². The van der Waals surface area contributed by atoms with Gasteiger partial charge in [0.2, 0.25) is 0 Å². The molecule has 0 spiro atoms. The second-order valence-electron chi connectivity index (χ2n) is 7.96.